The molecule has 7 nitrogen and oxygen atoms in total. The quantitative estimate of drug-likeness (QED) is 0.724. The van der Waals surface area contributed by atoms with Crippen molar-refractivity contribution in [1.29, 1.82) is 5.26 Å². The monoisotopic (exact) mass is 346 g/mol. The summed E-state index contributed by atoms with van der Waals surface area (Å²) in [4.78, 5) is 18.1. The fraction of sp³-hybridized carbons (Fsp3) is 0.158. The zero-order valence-electron chi connectivity index (χ0n) is 14.0. The zero-order valence-corrected chi connectivity index (χ0v) is 14.0. The van der Waals surface area contributed by atoms with Gasteiger partial charge in [0.15, 0.2) is 6.61 Å². The Hall–Kier alpha value is -3.66. The molecule has 7 heteroatoms. The van der Waals surface area contributed by atoms with E-state index in [4.69, 9.17) is 14.5 Å². The third-order valence-corrected chi connectivity index (χ3v) is 4.16. The average molecular weight is 346 g/mol. The van der Waals surface area contributed by atoms with E-state index in [1.165, 1.54) is 0 Å². The summed E-state index contributed by atoms with van der Waals surface area (Å²) in [5.41, 5.74) is 2.72. The second-order valence-corrected chi connectivity index (χ2v) is 5.72. The molecule has 0 aliphatic carbocycles. The highest BCUT2D eigenvalue weighted by atomic mass is 16.5. The predicted molar refractivity (Wildman–Crippen MR) is 93.4 cm³/mol. The Kier molecular flexibility index (Phi) is 3.86. The summed E-state index contributed by atoms with van der Waals surface area (Å²) in [5.74, 6) is 1.36. The van der Waals surface area contributed by atoms with Gasteiger partial charge in [0.1, 0.15) is 5.75 Å². The summed E-state index contributed by atoms with van der Waals surface area (Å²) in [6.07, 6.45) is 0. The summed E-state index contributed by atoms with van der Waals surface area (Å²) in [6.45, 7) is 2.52. The number of ether oxygens (including phenoxy) is 1. The van der Waals surface area contributed by atoms with Crippen LogP contribution in [0.1, 0.15) is 12.5 Å². The number of likely N-dealkylation sites (N-methyl/N-ethyl adjacent to an activating group) is 1. The average Bonchev–Trinajstić information content (AvgIpc) is 3.18. The van der Waals surface area contributed by atoms with Gasteiger partial charge in [-0.2, -0.15) is 10.2 Å². The SMILES string of the molecule is CCN1C(=O)COc2ccc(-c3noc(-c4ccc(C#N)cc4)n3)cc21. The fourth-order valence-corrected chi connectivity index (χ4v) is 2.83. The lowest BCUT2D eigenvalue weighted by atomic mass is 10.1. The summed E-state index contributed by atoms with van der Waals surface area (Å²) in [5, 5.41) is 12.9. The van der Waals surface area contributed by atoms with Crippen LogP contribution >= 0.6 is 0 Å². The molecule has 0 saturated carbocycles. The molecule has 0 atom stereocenters. The standard InChI is InChI=1S/C19H14N4O3/c1-2-23-15-9-14(7-8-16(15)25-11-17(23)24)18-21-19(26-22-18)13-5-3-12(10-20)4-6-13/h3-9H,2,11H2,1H3. The van der Waals surface area contributed by atoms with Crippen LogP contribution in [0, 0.1) is 11.3 Å². The minimum Gasteiger partial charge on any atom is -0.482 e. The van der Waals surface area contributed by atoms with Gasteiger partial charge < -0.3 is 14.2 Å². The maximum atomic E-state index is 12.0. The number of anilines is 1. The van der Waals surface area contributed by atoms with Gasteiger partial charge in [-0.25, -0.2) is 0 Å². The Morgan fingerprint density at radius 3 is 2.69 bits per heavy atom. The molecule has 0 fully saturated rings. The van der Waals surface area contributed by atoms with E-state index in [1.54, 1.807) is 35.2 Å². The van der Waals surface area contributed by atoms with E-state index in [0.29, 0.717) is 35.3 Å². The van der Waals surface area contributed by atoms with Crippen molar-refractivity contribution < 1.29 is 14.1 Å². The van der Waals surface area contributed by atoms with Gasteiger partial charge in [-0.15, -0.1) is 0 Å². The Morgan fingerprint density at radius 2 is 1.96 bits per heavy atom. The highest BCUT2D eigenvalue weighted by molar-refractivity contribution is 5.98. The van der Waals surface area contributed by atoms with Gasteiger partial charge in [-0.1, -0.05) is 5.16 Å². The van der Waals surface area contributed by atoms with Crippen molar-refractivity contribution in [2.75, 3.05) is 18.1 Å². The Balaban J connectivity index is 1.69. The number of amides is 1. The lowest BCUT2D eigenvalue weighted by molar-refractivity contribution is -0.121. The lowest BCUT2D eigenvalue weighted by Crippen LogP contribution is -2.38. The largest absolute Gasteiger partial charge is 0.482 e. The van der Waals surface area contributed by atoms with E-state index >= 15 is 0 Å². The molecule has 26 heavy (non-hydrogen) atoms. The van der Waals surface area contributed by atoms with Crippen molar-refractivity contribution in [3.05, 3.63) is 48.0 Å². The van der Waals surface area contributed by atoms with E-state index in [-0.39, 0.29) is 12.5 Å². The number of rotatable bonds is 3. The molecule has 4 rings (SSSR count). The number of carbonyl (C=O) groups is 1. The van der Waals surface area contributed by atoms with Crippen molar-refractivity contribution in [2.45, 2.75) is 6.92 Å². The van der Waals surface area contributed by atoms with Crippen molar-refractivity contribution in [1.82, 2.24) is 10.1 Å². The van der Waals surface area contributed by atoms with Crippen LogP contribution in [0.15, 0.2) is 47.0 Å². The van der Waals surface area contributed by atoms with Crippen LogP contribution in [0.3, 0.4) is 0 Å². The van der Waals surface area contributed by atoms with Gasteiger partial charge in [-0.05, 0) is 49.4 Å². The van der Waals surface area contributed by atoms with Crippen LogP contribution in [-0.2, 0) is 4.79 Å². The first-order valence-corrected chi connectivity index (χ1v) is 8.11. The molecule has 0 unspecified atom stereocenters. The van der Waals surface area contributed by atoms with Crippen molar-refractivity contribution in [3.8, 4) is 34.7 Å². The number of hydrogen-bond acceptors (Lipinski definition) is 6. The molecule has 3 aromatic rings. The summed E-state index contributed by atoms with van der Waals surface area (Å²) in [6, 6.07) is 14.4. The van der Waals surface area contributed by atoms with Crippen LogP contribution < -0.4 is 9.64 Å². The van der Waals surface area contributed by atoms with Gasteiger partial charge in [0.25, 0.3) is 11.8 Å². The Bertz CT molecular complexity index is 1020. The van der Waals surface area contributed by atoms with Crippen LogP contribution in [0.25, 0.3) is 22.8 Å². The topological polar surface area (TPSA) is 92.3 Å². The number of nitrogens with zero attached hydrogens (tertiary/aromatic N) is 4. The molecule has 2 heterocycles. The van der Waals surface area contributed by atoms with Crippen LogP contribution in [0.2, 0.25) is 0 Å². The molecular formula is C19H14N4O3. The molecule has 1 aliphatic rings. The van der Waals surface area contributed by atoms with Gasteiger partial charge in [-0.3, -0.25) is 4.79 Å². The first-order valence-electron chi connectivity index (χ1n) is 8.11. The molecule has 0 N–H and O–H groups in total. The van der Waals surface area contributed by atoms with Crippen LogP contribution in [0.4, 0.5) is 5.69 Å². The molecule has 0 radical (unpaired) electrons. The number of aromatic nitrogens is 2. The zero-order chi connectivity index (χ0) is 18.1. The number of fused-ring (bicyclic) bond motifs is 1. The molecule has 0 saturated heterocycles. The highest BCUT2D eigenvalue weighted by Crippen LogP contribution is 2.35. The number of carbonyl (C=O) groups excluding carboxylic acids is 1. The first kappa shape index (κ1) is 15.8. The molecule has 128 valence electrons. The van der Waals surface area contributed by atoms with E-state index < -0.39 is 0 Å². The van der Waals surface area contributed by atoms with E-state index in [2.05, 4.69) is 16.2 Å². The minimum absolute atomic E-state index is 0.0469. The predicted octanol–water partition coefficient (Wildman–Crippen LogP) is 3.02. The summed E-state index contributed by atoms with van der Waals surface area (Å²) >= 11 is 0. The van der Waals surface area contributed by atoms with Crippen molar-refractivity contribution in [3.63, 3.8) is 0 Å². The van der Waals surface area contributed by atoms with Crippen molar-refractivity contribution >= 4 is 11.6 Å². The van der Waals surface area contributed by atoms with E-state index in [0.717, 1.165) is 11.1 Å². The number of nitriles is 1. The number of hydrogen-bond donors (Lipinski definition) is 0. The van der Waals surface area contributed by atoms with Gasteiger partial charge in [0, 0.05) is 17.7 Å². The molecule has 1 amide bonds. The Labute approximate surface area is 149 Å². The van der Waals surface area contributed by atoms with Gasteiger partial charge in [0.2, 0.25) is 5.82 Å². The van der Waals surface area contributed by atoms with E-state index in [9.17, 15) is 4.79 Å². The normalized spacial score (nSPS) is 13.1. The van der Waals surface area contributed by atoms with Crippen molar-refractivity contribution in [2.24, 2.45) is 0 Å². The van der Waals surface area contributed by atoms with Crippen LogP contribution in [0.5, 0.6) is 5.75 Å². The minimum atomic E-state index is -0.0801. The van der Waals surface area contributed by atoms with Gasteiger partial charge >= 0.3 is 0 Å². The van der Waals surface area contributed by atoms with Gasteiger partial charge in [0.05, 0.1) is 17.3 Å². The molecular weight excluding hydrogens is 332 g/mol. The number of benzene rings is 2. The van der Waals surface area contributed by atoms with E-state index in [1.807, 2.05) is 19.1 Å². The third-order valence-electron chi connectivity index (χ3n) is 4.16. The fourth-order valence-electron chi connectivity index (χ4n) is 2.83. The lowest BCUT2D eigenvalue weighted by Gasteiger charge is -2.28. The summed E-state index contributed by atoms with van der Waals surface area (Å²) < 4.78 is 10.8. The molecule has 0 spiro atoms. The maximum Gasteiger partial charge on any atom is 0.265 e. The first-order chi connectivity index (χ1) is 12.7. The Morgan fingerprint density at radius 1 is 1.19 bits per heavy atom. The smallest absolute Gasteiger partial charge is 0.265 e. The second kappa shape index (κ2) is 6.33. The second-order valence-electron chi connectivity index (χ2n) is 5.72. The molecule has 1 aromatic heterocycles. The molecule has 0 bridgehead atoms. The summed E-state index contributed by atoms with van der Waals surface area (Å²) in [7, 11) is 0. The highest BCUT2D eigenvalue weighted by Gasteiger charge is 2.25. The molecule has 1 aliphatic heterocycles. The van der Waals surface area contributed by atoms with Crippen LogP contribution in [-0.4, -0.2) is 29.2 Å². The third kappa shape index (κ3) is 2.67. The molecule has 2 aromatic carbocycles. The maximum absolute atomic E-state index is 12.0.